The summed E-state index contributed by atoms with van der Waals surface area (Å²) in [6.45, 7) is 10.1. The van der Waals surface area contributed by atoms with Crippen LogP contribution in [-0.2, 0) is 0 Å². The molecule has 0 aliphatic carbocycles. The first-order chi connectivity index (χ1) is 6.31. The summed E-state index contributed by atoms with van der Waals surface area (Å²) in [4.78, 5) is 0. The molecule has 0 amide bonds. The zero-order valence-electron chi connectivity index (χ0n) is 9.36. The molecular formula is C13H26. The SMILES string of the molecule is [CH2]CCCCCCCCC(C)C[CH2]. The van der Waals surface area contributed by atoms with Crippen LogP contribution in [0.1, 0.15) is 64.7 Å². The van der Waals surface area contributed by atoms with E-state index in [1.165, 1.54) is 44.9 Å². The lowest BCUT2D eigenvalue weighted by molar-refractivity contribution is 0.485. The van der Waals surface area contributed by atoms with Gasteiger partial charge in [0.1, 0.15) is 0 Å². The van der Waals surface area contributed by atoms with Crippen molar-refractivity contribution in [2.45, 2.75) is 64.7 Å². The lowest BCUT2D eigenvalue weighted by Gasteiger charge is -2.07. The minimum absolute atomic E-state index is 0.833. The van der Waals surface area contributed by atoms with Gasteiger partial charge in [-0.25, -0.2) is 0 Å². The van der Waals surface area contributed by atoms with Gasteiger partial charge in [-0.2, -0.15) is 0 Å². The molecule has 0 bridgehead atoms. The predicted octanol–water partition coefficient (Wildman–Crippen LogP) is 4.80. The molecule has 0 aliphatic rings. The Morgan fingerprint density at radius 1 is 0.846 bits per heavy atom. The summed E-state index contributed by atoms with van der Waals surface area (Å²) >= 11 is 0. The third kappa shape index (κ3) is 9.92. The summed E-state index contributed by atoms with van der Waals surface area (Å²) in [5.74, 6) is 0.833. The molecule has 0 saturated carbocycles. The third-order valence-corrected chi connectivity index (χ3v) is 2.69. The molecule has 0 heterocycles. The zero-order chi connectivity index (χ0) is 9.94. The molecule has 78 valence electrons. The maximum absolute atomic E-state index is 3.92. The van der Waals surface area contributed by atoms with Crippen molar-refractivity contribution in [2.75, 3.05) is 0 Å². The zero-order valence-corrected chi connectivity index (χ0v) is 9.36. The van der Waals surface area contributed by atoms with Crippen molar-refractivity contribution in [2.24, 2.45) is 5.92 Å². The normalized spacial score (nSPS) is 13.2. The van der Waals surface area contributed by atoms with Crippen molar-refractivity contribution in [3.8, 4) is 0 Å². The van der Waals surface area contributed by atoms with Gasteiger partial charge in [0, 0.05) is 0 Å². The van der Waals surface area contributed by atoms with Crippen molar-refractivity contribution < 1.29 is 0 Å². The molecule has 0 aromatic heterocycles. The molecule has 0 rings (SSSR count). The second kappa shape index (κ2) is 10.1. The van der Waals surface area contributed by atoms with Crippen LogP contribution in [0.4, 0.5) is 0 Å². The van der Waals surface area contributed by atoms with Crippen LogP contribution in [0, 0.1) is 19.8 Å². The lowest BCUT2D eigenvalue weighted by atomic mass is 10.00. The number of rotatable bonds is 9. The second-order valence-corrected chi connectivity index (χ2v) is 4.16. The Morgan fingerprint density at radius 2 is 1.38 bits per heavy atom. The van der Waals surface area contributed by atoms with Gasteiger partial charge in [0.05, 0.1) is 0 Å². The van der Waals surface area contributed by atoms with Gasteiger partial charge in [0.15, 0.2) is 0 Å². The van der Waals surface area contributed by atoms with Crippen LogP contribution in [-0.4, -0.2) is 0 Å². The van der Waals surface area contributed by atoms with Crippen LogP contribution < -0.4 is 0 Å². The fourth-order valence-electron chi connectivity index (χ4n) is 1.52. The van der Waals surface area contributed by atoms with Crippen LogP contribution in [0.3, 0.4) is 0 Å². The minimum Gasteiger partial charge on any atom is -0.0625 e. The largest absolute Gasteiger partial charge is 0.0625 e. The van der Waals surface area contributed by atoms with E-state index in [-0.39, 0.29) is 0 Å². The summed E-state index contributed by atoms with van der Waals surface area (Å²) in [7, 11) is 0. The van der Waals surface area contributed by atoms with Gasteiger partial charge in [-0.05, 0) is 5.92 Å². The Hall–Kier alpha value is 0. The van der Waals surface area contributed by atoms with E-state index in [0.717, 1.165) is 18.8 Å². The third-order valence-electron chi connectivity index (χ3n) is 2.69. The smallest absolute Gasteiger partial charge is 0.0443 e. The van der Waals surface area contributed by atoms with Crippen LogP contribution >= 0.6 is 0 Å². The molecule has 1 unspecified atom stereocenters. The van der Waals surface area contributed by atoms with Gasteiger partial charge in [0.25, 0.3) is 0 Å². The summed E-state index contributed by atoms with van der Waals surface area (Å²) < 4.78 is 0. The van der Waals surface area contributed by atoms with Crippen molar-refractivity contribution in [3.63, 3.8) is 0 Å². The first-order valence-corrected chi connectivity index (χ1v) is 5.89. The Kier molecular flexibility index (Phi) is 10.1. The molecular weight excluding hydrogens is 156 g/mol. The quantitative estimate of drug-likeness (QED) is 0.449. The monoisotopic (exact) mass is 182 g/mol. The topological polar surface area (TPSA) is 0 Å². The standard InChI is InChI=1S/C13H26/c1-4-6-7-8-9-10-11-12-13(3)5-2/h13H,1-2,4-12H2,3H3. The lowest BCUT2D eigenvalue weighted by Crippen LogP contribution is -1.91. The Balaban J connectivity index is 2.91. The van der Waals surface area contributed by atoms with Gasteiger partial charge >= 0.3 is 0 Å². The van der Waals surface area contributed by atoms with E-state index in [2.05, 4.69) is 20.8 Å². The molecule has 0 aliphatic heterocycles. The number of hydrogen-bond acceptors (Lipinski definition) is 0. The van der Waals surface area contributed by atoms with Crippen LogP contribution in [0.15, 0.2) is 0 Å². The van der Waals surface area contributed by atoms with Gasteiger partial charge in [-0.15, -0.1) is 0 Å². The van der Waals surface area contributed by atoms with Crippen molar-refractivity contribution in [1.82, 2.24) is 0 Å². The summed E-state index contributed by atoms with van der Waals surface area (Å²) in [6, 6.07) is 0. The summed E-state index contributed by atoms with van der Waals surface area (Å²) in [5.41, 5.74) is 0. The van der Waals surface area contributed by atoms with Gasteiger partial charge < -0.3 is 0 Å². The van der Waals surface area contributed by atoms with E-state index in [1.807, 2.05) is 0 Å². The molecule has 0 heteroatoms. The maximum atomic E-state index is 3.92. The van der Waals surface area contributed by atoms with E-state index in [1.54, 1.807) is 0 Å². The highest BCUT2D eigenvalue weighted by Gasteiger charge is 1.97. The first kappa shape index (κ1) is 13.0. The van der Waals surface area contributed by atoms with Gasteiger partial charge in [-0.1, -0.05) is 78.6 Å². The molecule has 0 nitrogen and oxygen atoms in total. The molecule has 1 atom stereocenters. The second-order valence-electron chi connectivity index (χ2n) is 4.16. The summed E-state index contributed by atoms with van der Waals surface area (Å²) in [5, 5.41) is 0. The molecule has 0 saturated heterocycles. The fourth-order valence-corrected chi connectivity index (χ4v) is 1.52. The van der Waals surface area contributed by atoms with E-state index >= 15 is 0 Å². The van der Waals surface area contributed by atoms with Crippen LogP contribution in [0.2, 0.25) is 0 Å². The van der Waals surface area contributed by atoms with Gasteiger partial charge in [0.2, 0.25) is 0 Å². The minimum atomic E-state index is 0.833. The van der Waals surface area contributed by atoms with Crippen molar-refractivity contribution in [3.05, 3.63) is 13.8 Å². The number of unbranched alkanes of at least 4 members (excludes halogenated alkanes) is 6. The van der Waals surface area contributed by atoms with E-state index in [0.29, 0.717) is 0 Å². The highest BCUT2D eigenvalue weighted by Crippen LogP contribution is 2.14. The number of hydrogen-bond donors (Lipinski definition) is 0. The summed E-state index contributed by atoms with van der Waals surface area (Å²) in [6.07, 6.45) is 11.9. The average molecular weight is 182 g/mol. The molecule has 0 aromatic rings. The Labute approximate surface area is 85.1 Å². The molecule has 13 heavy (non-hydrogen) atoms. The maximum Gasteiger partial charge on any atom is -0.0443 e. The molecule has 0 N–H and O–H groups in total. The fraction of sp³-hybridized carbons (Fsp3) is 0.846. The highest BCUT2D eigenvalue weighted by molar-refractivity contribution is 4.55. The molecule has 2 radical (unpaired) electrons. The average Bonchev–Trinajstić information content (AvgIpc) is 2.16. The highest BCUT2D eigenvalue weighted by atomic mass is 14.0. The van der Waals surface area contributed by atoms with Crippen molar-refractivity contribution in [1.29, 1.82) is 0 Å². The predicted molar refractivity (Wildman–Crippen MR) is 61.4 cm³/mol. The van der Waals surface area contributed by atoms with Crippen molar-refractivity contribution >= 4 is 0 Å². The van der Waals surface area contributed by atoms with Crippen LogP contribution in [0.25, 0.3) is 0 Å². The van der Waals surface area contributed by atoms with E-state index in [4.69, 9.17) is 0 Å². The van der Waals surface area contributed by atoms with Gasteiger partial charge in [-0.3, -0.25) is 0 Å². The molecule has 0 spiro atoms. The van der Waals surface area contributed by atoms with Crippen LogP contribution in [0.5, 0.6) is 0 Å². The molecule has 0 fully saturated rings. The van der Waals surface area contributed by atoms with E-state index in [9.17, 15) is 0 Å². The first-order valence-electron chi connectivity index (χ1n) is 5.89. The van der Waals surface area contributed by atoms with E-state index < -0.39 is 0 Å². The Bertz CT molecular complexity index is 86.0. The Morgan fingerprint density at radius 3 is 1.92 bits per heavy atom. The molecule has 0 aromatic carbocycles.